The second-order valence-electron chi connectivity index (χ2n) is 6.18. The first-order valence-electron chi connectivity index (χ1n) is 8.46. The lowest BCUT2D eigenvalue weighted by Crippen LogP contribution is -2.36. The number of fused-ring (bicyclic) bond motifs is 1. The Kier molecular flexibility index (Phi) is 5.47. The standard InChI is InChI=1S/C17H20N4O5/c22-13(8-18-14(23)9-26-10-4-1-2-5-10)19-12-7-3-6-11-15(12)17(25)21-20-16(11)24/h3,6-7,10H,1-2,4-5,8-9H2,(H,18,23)(H,19,22)(H,20,24)(H,21,25). The first-order chi connectivity index (χ1) is 12.5. The van der Waals surface area contributed by atoms with Gasteiger partial charge in [-0.15, -0.1) is 0 Å². The van der Waals surface area contributed by atoms with Gasteiger partial charge in [-0.25, -0.2) is 0 Å². The predicted molar refractivity (Wildman–Crippen MR) is 95.0 cm³/mol. The van der Waals surface area contributed by atoms with Crippen molar-refractivity contribution in [3.63, 3.8) is 0 Å². The lowest BCUT2D eigenvalue weighted by atomic mass is 10.1. The summed E-state index contributed by atoms with van der Waals surface area (Å²) in [4.78, 5) is 47.5. The van der Waals surface area contributed by atoms with Gasteiger partial charge in [0.25, 0.3) is 11.1 Å². The molecule has 1 fully saturated rings. The minimum Gasteiger partial charge on any atom is -0.368 e. The minimum absolute atomic E-state index is 0.0821. The Balaban J connectivity index is 1.57. The molecule has 0 spiro atoms. The third-order valence-corrected chi connectivity index (χ3v) is 4.30. The van der Waals surface area contributed by atoms with Crippen LogP contribution >= 0.6 is 0 Å². The van der Waals surface area contributed by atoms with Crippen molar-refractivity contribution in [1.82, 2.24) is 15.5 Å². The molecule has 2 aromatic rings. The highest BCUT2D eigenvalue weighted by Gasteiger charge is 2.17. The van der Waals surface area contributed by atoms with Crippen molar-refractivity contribution in [2.75, 3.05) is 18.5 Å². The highest BCUT2D eigenvalue weighted by molar-refractivity contribution is 6.02. The first kappa shape index (κ1) is 17.9. The van der Waals surface area contributed by atoms with Crippen LogP contribution in [0.3, 0.4) is 0 Å². The minimum atomic E-state index is -0.524. The summed E-state index contributed by atoms with van der Waals surface area (Å²) in [5.41, 5.74) is -0.783. The van der Waals surface area contributed by atoms with Crippen LogP contribution in [0, 0.1) is 0 Å². The van der Waals surface area contributed by atoms with E-state index in [0.717, 1.165) is 25.7 Å². The Hall–Kier alpha value is -2.94. The molecule has 1 heterocycles. The van der Waals surface area contributed by atoms with Gasteiger partial charge in [-0.05, 0) is 25.0 Å². The maximum Gasteiger partial charge on any atom is 0.272 e. The average Bonchev–Trinajstić information content (AvgIpc) is 3.15. The quantitative estimate of drug-likeness (QED) is 0.585. The number of H-pyrrole nitrogens is 2. The zero-order valence-electron chi connectivity index (χ0n) is 14.1. The van der Waals surface area contributed by atoms with Gasteiger partial charge in [0, 0.05) is 0 Å². The Labute approximate surface area is 148 Å². The van der Waals surface area contributed by atoms with Gasteiger partial charge in [-0.3, -0.25) is 29.4 Å². The molecule has 4 N–H and O–H groups in total. The van der Waals surface area contributed by atoms with E-state index in [1.165, 1.54) is 12.1 Å². The fourth-order valence-corrected chi connectivity index (χ4v) is 3.01. The van der Waals surface area contributed by atoms with Gasteiger partial charge in [0.05, 0.1) is 29.1 Å². The topological polar surface area (TPSA) is 133 Å². The molecule has 1 aliphatic rings. The van der Waals surface area contributed by atoms with E-state index in [2.05, 4.69) is 20.8 Å². The van der Waals surface area contributed by atoms with E-state index in [1.54, 1.807) is 6.07 Å². The van der Waals surface area contributed by atoms with Crippen LogP contribution in [0.2, 0.25) is 0 Å². The van der Waals surface area contributed by atoms with Crippen molar-refractivity contribution in [2.45, 2.75) is 31.8 Å². The molecule has 3 rings (SSSR count). The Morgan fingerprint density at radius 2 is 1.81 bits per heavy atom. The van der Waals surface area contributed by atoms with Crippen LogP contribution in [0.15, 0.2) is 27.8 Å². The fourth-order valence-electron chi connectivity index (χ4n) is 3.01. The second-order valence-corrected chi connectivity index (χ2v) is 6.18. The monoisotopic (exact) mass is 360 g/mol. The van der Waals surface area contributed by atoms with Crippen LogP contribution in [0.4, 0.5) is 5.69 Å². The van der Waals surface area contributed by atoms with E-state index in [1.807, 2.05) is 0 Å². The van der Waals surface area contributed by atoms with Crippen LogP contribution in [-0.2, 0) is 14.3 Å². The highest BCUT2D eigenvalue weighted by atomic mass is 16.5. The van der Waals surface area contributed by atoms with Gasteiger partial charge in [0.2, 0.25) is 11.8 Å². The van der Waals surface area contributed by atoms with Crippen molar-refractivity contribution in [2.24, 2.45) is 0 Å². The lowest BCUT2D eigenvalue weighted by Gasteiger charge is -2.11. The van der Waals surface area contributed by atoms with E-state index in [4.69, 9.17) is 4.74 Å². The molecule has 1 aromatic carbocycles. The summed E-state index contributed by atoms with van der Waals surface area (Å²) < 4.78 is 5.47. The largest absolute Gasteiger partial charge is 0.368 e. The number of carbonyl (C=O) groups excluding carboxylic acids is 2. The van der Waals surface area contributed by atoms with E-state index < -0.39 is 17.0 Å². The fraction of sp³-hybridized carbons (Fsp3) is 0.412. The molecule has 0 unspecified atom stereocenters. The van der Waals surface area contributed by atoms with Crippen LogP contribution in [0.1, 0.15) is 25.7 Å². The molecule has 2 amide bonds. The van der Waals surface area contributed by atoms with E-state index in [9.17, 15) is 19.2 Å². The number of rotatable bonds is 6. The maximum atomic E-state index is 12.1. The molecule has 138 valence electrons. The highest BCUT2D eigenvalue weighted by Crippen LogP contribution is 2.20. The van der Waals surface area contributed by atoms with Gasteiger partial charge >= 0.3 is 0 Å². The molecular formula is C17H20N4O5. The number of hydrogen-bond acceptors (Lipinski definition) is 5. The number of anilines is 1. The zero-order valence-corrected chi connectivity index (χ0v) is 14.1. The number of aromatic amines is 2. The lowest BCUT2D eigenvalue weighted by molar-refractivity contribution is -0.129. The van der Waals surface area contributed by atoms with Crippen molar-refractivity contribution in [1.29, 1.82) is 0 Å². The van der Waals surface area contributed by atoms with E-state index in [0.29, 0.717) is 0 Å². The number of hydrogen-bond donors (Lipinski definition) is 4. The Morgan fingerprint density at radius 3 is 2.58 bits per heavy atom. The number of amides is 2. The van der Waals surface area contributed by atoms with Gasteiger partial charge < -0.3 is 15.4 Å². The number of carbonyl (C=O) groups is 2. The molecule has 0 bridgehead atoms. The normalized spacial score (nSPS) is 14.5. The summed E-state index contributed by atoms with van der Waals surface area (Å²) in [5.74, 6) is -0.884. The van der Waals surface area contributed by atoms with Gasteiger partial charge in [0.15, 0.2) is 0 Å². The van der Waals surface area contributed by atoms with Crippen molar-refractivity contribution in [3.8, 4) is 0 Å². The second kappa shape index (κ2) is 7.96. The van der Waals surface area contributed by atoms with Crippen LogP contribution in [0.25, 0.3) is 10.8 Å². The SMILES string of the molecule is O=C(COC1CCCC1)NCC(=O)Nc1cccc2c(=O)[nH][nH]c(=O)c12. The Morgan fingerprint density at radius 1 is 1.08 bits per heavy atom. The molecule has 9 heteroatoms. The molecule has 0 aliphatic heterocycles. The van der Waals surface area contributed by atoms with Gasteiger partial charge in [0.1, 0.15) is 6.61 Å². The summed E-state index contributed by atoms with van der Waals surface area (Å²) in [5, 5.41) is 9.70. The van der Waals surface area contributed by atoms with Crippen molar-refractivity contribution in [3.05, 3.63) is 38.9 Å². The van der Waals surface area contributed by atoms with E-state index in [-0.39, 0.29) is 41.6 Å². The van der Waals surface area contributed by atoms with Crippen LogP contribution < -0.4 is 21.8 Å². The summed E-state index contributed by atoms with van der Waals surface area (Å²) in [7, 11) is 0. The summed E-state index contributed by atoms with van der Waals surface area (Å²) >= 11 is 0. The molecule has 1 aliphatic carbocycles. The zero-order chi connectivity index (χ0) is 18.5. The predicted octanol–water partition coefficient (Wildman–Crippen LogP) is 0.230. The number of nitrogens with one attached hydrogen (secondary N) is 4. The smallest absolute Gasteiger partial charge is 0.272 e. The molecule has 0 atom stereocenters. The molecular weight excluding hydrogens is 340 g/mol. The van der Waals surface area contributed by atoms with E-state index >= 15 is 0 Å². The maximum absolute atomic E-state index is 12.1. The molecule has 0 radical (unpaired) electrons. The average molecular weight is 360 g/mol. The van der Waals surface area contributed by atoms with Crippen LogP contribution in [0.5, 0.6) is 0 Å². The summed E-state index contributed by atoms with van der Waals surface area (Å²) in [6.45, 7) is -0.342. The van der Waals surface area contributed by atoms with Gasteiger partial charge in [-0.1, -0.05) is 18.9 Å². The number of benzene rings is 1. The molecule has 26 heavy (non-hydrogen) atoms. The summed E-state index contributed by atoms with van der Waals surface area (Å²) in [6.07, 6.45) is 4.27. The summed E-state index contributed by atoms with van der Waals surface area (Å²) in [6, 6.07) is 4.56. The third kappa shape index (κ3) is 4.17. The molecule has 0 saturated heterocycles. The molecule has 9 nitrogen and oxygen atoms in total. The molecule has 1 saturated carbocycles. The number of ether oxygens (including phenoxy) is 1. The third-order valence-electron chi connectivity index (χ3n) is 4.30. The molecule has 1 aromatic heterocycles. The Bertz CT molecular complexity index is 927. The van der Waals surface area contributed by atoms with Crippen molar-refractivity contribution >= 4 is 28.3 Å². The van der Waals surface area contributed by atoms with Crippen molar-refractivity contribution < 1.29 is 14.3 Å². The number of aromatic nitrogens is 2. The van der Waals surface area contributed by atoms with Crippen LogP contribution in [-0.4, -0.2) is 41.3 Å². The van der Waals surface area contributed by atoms with Gasteiger partial charge in [-0.2, -0.15) is 0 Å². The first-order valence-corrected chi connectivity index (χ1v) is 8.46.